The van der Waals surface area contributed by atoms with Crippen molar-refractivity contribution in [3.05, 3.63) is 64.7 Å². The van der Waals surface area contributed by atoms with Crippen LogP contribution in [0.25, 0.3) is 0 Å². The molecule has 0 radical (unpaired) electrons. The number of nitrogens with zero attached hydrogens (tertiary/aromatic N) is 1. The van der Waals surface area contributed by atoms with Crippen LogP contribution in [0.2, 0.25) is 5.02 Å². The molecule has 2 aromatic rings. The molecule has 0 bridgehead atoms. The number of halogens is 3. The molecule has 1 heterocycles. The van der Waals surface area contributed by atoms with Crippen LogP contribution < -0.4 is 10.2 Å². The fraction of sp³-hybridized carbons (Fsp3) is 0.278. The second-order valence-corrected chi connectivity index (χ2v) is 6.49. The molecule has 1 saturated heterocycles. The number of hydrogen-bond donors (Lipinski definition) is 2. The maximum atomic E-state index is 13.1. The van der Waals surface area contributed by atoms with Gasteiger partial charge in [0, 0.05) is 11.3 Å². The standard InChI is InChI=1S/C18H18ClF2N3O/c19-17-11-15(21)2-1-13(17)12-23-7-9-24(10-8-23)18(25)22-16-5-3-14(20)4-6-16/h1-6,11H,7-10,12H2,(H,22,25)/p+1. The van der Waals surface area contributed by atoms with Crippen molar-refractivity contribution in [3.63, 3.8) is 0 Å². The van der Waals surface area contributed by atoms with Crippen molar-refractivity contribution in [2.45, 2.75) is 6.54 Å². The SMILES string of the molecule is O=C(Nc1ccc(F)cc1)N1CC[NH+](Cc2ccc(F)cc2Cl)CC1. The maximum Gasteiger partial charge on any atom is 0.322 e. The van der Waals surface area contributed by atoms with Crippen LogP contribution >= 0.6 is 11.6 Å². The van der Waals surface area contributed by atoms with E-state index in [4.69, 9.17) is 11.6 Å². The lowest BCUT2D eigenvalue weighted by Crippen LogP contribution is -3.13. The zero-order chi connectivity index (χ0) is 17.8. The van der Waals surface area contributed by atoms with Crippen LogP contribution in [-0.2, 0) is 6.54 Å². The van der Waals surface area contributed by atoms with Crippen molar-refractivity contribution in [2.75, 3.05) is 31.5 Å². The molecule has 0 atom stereocenters. The molecule has 2 amide bonds. The van der Waals surface area contributed by atoms with E-state index in [1.807, 2.05) is 0 Å². The normalized spacial score (nSPS) is 15.2. The summed E-state index contributed by atoms with van der Waals surface area (Å²) in [7, 11) is 0. The van der Waals surface area contributed by atoms with Gasteiger partial charge in [-0.2, -0.15) is 0 Å². The van der Waals surface area contributed by atoms with Gasteiger partial charge >= 0.3 is 6.03 Å². The highest BCUT2D eigenvalue weighted by atomic mass is 35.5. The number of carbonyl (C=O) groups is 1. The Morgan fingerprint density at radius 3 is 2.36 bits per heavy atom. The van der Waals surface area contributed by atoms with Crippen molar-refractivity contribution in [3.8, 4) is 0 Å². The third-order valence-electron chi connectivity index (χ3n) is 4.31. The number of piperazine rings is 1. The number of nitrogens with one attached hydrogen (secondary N) is 2. The first-order chi connectivity index (χ1) is 12.0. The molecular weight excluding hydrogens is 348 g/mol. The number of hydrogen-bond acceptors (Lipinski definition) is 1. The highest BCUT2D eigenvalue weighted by Crippen LogP contribution is 2.16. The smallest absolute Gasteiger partial charge is 0.322 e. The van der Waals surface area contributed by atoms with Crippen LogP contribution in [-0.4, -0.2) is 37.1 Å². The zero-order valence-corrected chi connectivity index (χ0v) is 14.3. The van der Waals surface area contributed by atoms with Gasteiger partial charge in [0.05, 0.1) is 31.2 Å². The summed E-state index contributed by atoms with van der Waals surface area (Å²) >= 11 is 6.07. The Balaban J connectivity index is 1.51. The molecule has 0 spiro atoms. The fourth-order valence-corrected chi connectivity index (χ4v) is 3.11. The van der Waals surface area contributed by atoms with E-state index in [9.17, 15) is 13.6 Å². The van der Waals surface area contributed by atoms with Gasteiger partial charge < -0.3 is 15.1 Å². The van der Waals surface area contributed by atoms with E-state index in [1.54, 1.807) is 11.0 Å². The van der Waals surface area contributed by atoms with Gasteiger partial charge in [0.15, 0.2) is 0 Å². The number of anilines is 1. The summed E-state index contributed by atoms with van der Waals surface area (Å²) < 4.78 is 26.0. The molecular formula is C18H19ClF2N3O+. The minimum Gasteiger partial charge on any atom is -0.328 e. The number of rotatable bonds is 3. The molecule has 2 N–H and O–H groups in total. The highest BCUT2D eigenvalue weighted by Gasteiger charge is 2.24. The summed E-state index contributed by atoms with van der Waals surface area (Å²) in [6.45, 7) is 3.49. The lowest BCUT2D eigenvalue weighted by atomic mass is 10.2. The molecule has 7 heteroatoms. The van der Waals surface area contributed by atoms with Crippen molar-refractivity contribution in [2.24, 2.45) is 0 Å². The first-order valence-corrected chi connectivity index (χ1v) is 8.48. The van der Waals surface area contributed by atoms with Gasteiger partial charge in [0.1, 0.15) is 18.2 Å². The van der Waals surface area contributed by atoms with E-state index in [0.717, 1.165) is 18.7 Å². The minimum atomic E-state index is -0.342. The first-order valence-electron chi connectivity index (χ1n) is 8.10. The van der Waals surface area contributed by atoms with Gasteiger partial charge in [-0.3, -0.25) is 0 Å². The van der Waals surface area contributed by atoms with Crippen LogP contribution in [0.3, 0.4) is 0 Å². The molecule has 0 aliphatic carbocycles. The third-order valence-corrected chi connectivity index (χ3v) is 4.66. The quantitative estimate of drug-likeness (QED) is 0.860. The summed E-state index contributed by atoms with van der Waals surface area (Å²) in [5.41, 5.74) is 1.47. The lowest BCUT2D eigenvalue weighted by molar-refractivity contribution is -0.917. The molecule has 0 saturated carbocycles. The van der Waals surface area contributed by atoms with Crippen LogP contribution in [0.15, 0.2) is 42.5 Å². The van der Waals surface area contributed by atoms with E-state index in [2.05, 4.69) is 5.32 Å². The predicted octanol–water partition coefficient (Wildman–Crippen LogP) is 2.55. The van der Waals surface area contributed by atoms with E-state index in [-0.39, 0.29) is 17.7 Å². The summed E-state index contributed by atoms with van der Waals surface area (Å²) in [6, 6.07) is 9.93. The largest absolute Gasteiger partial charge is 0.328 e. The maximum absolute atomic E-state index is 13.1. The zero-order valence-electron chi connectivity index (χ0n) is 13.6. The van der Waals surface area contributed by atoms with Gasteiger partial charge in [-0.1, -0.05) is 11.6 Å². The Hall–Kier alpha value is -2.18. The average molecular weight is 367 g/mol. The predicted molar refractivity (Wildman–Crippen MR) is 92.8 cm³/mol. The molecule has 25 heavy (non-hydrogen) atoms. The van der Waals surface area contributed by atoms with Gasteiger partial charge in [0.25, 0.3) is 0 Å². The average Bonchev–Trinajstić information content (AvgIpc) is 2.60. The second-order valence-electron chi connectivity index (χ2n) is 6.09. The van der Waals surface area contributed by atoms with Crippen molar-refractivity contribution >= 4 is 23.3 Å². The van der Waals surface area contributed by atoms with Gasteiger partial charge in [0.2, 0.25) is 0 Å². The Morgan fingerprint density at radius 1 is 1.08 bits per heavy atom. The van der Waals surface area contributed by atoms with E-state index in [0.29, 0.717) is 30.3 Å². The van der Waals surface area contributed by atoms with Gasteiger partial charge in [-0.05, 0) is 42.5 Å². The van der Waals surface area contributed by atoms with Crippen LogP contribution in [0.1, 0.15) is 5.56 Å². The summed E-state index contributed by atoms with van der Waals surface area (Å²) in [6.07, 6.45) is 0. The molecule has 1 aliphatic heterocycles. The lowest BCUT2D eigenvalue weighted by Gasteiger charge is -2.32. The number of amides is 2. The molecule has 1 aliphatic rings. The molecule has 0 aromatic heterocycles. The second kappa shape index (κ2) is 7.80. The monoisotopic (exact) mass is 366 g/mol. The van der Waals surface area contributed by atoms with E-state index < -0.39 is 0 Å². The van der Waals surface area contributed by atoms with Crippen molar-refractivity contribution in [1.29, 1.82) is 0 Å². The topological polar surface area (TPSA) is 36.8 Å². The minimum absolute atomic E-state index is 0.189. The van der Waals surface area contributed by atoms with Crippen molar-refractivity contribution in [1.82, 2.24) is 4.90 Å². The van der Waals surface area contributed by atoms with Crippen LogP contribution in [0.5, 0.6) is 0 Å². The Labute approximate surface area is 150 Å². The molecule has 4 nitrogen and oxygen atoms in total. The van der Waals surface area contributed by atoms with Gasteiger partial charge in [-0.25, -0.2) is 13.6 Å². The fourth-order valence-electron chi connectivity index (χ4n) is 2.87. The third kappa shape index (κ3) is 4.67. The Morgan fingerprint density at radius 2 is 1.72 bits per heavy atom. The molecule has 0 unspecified atom stereocenters. The highest BCUT2D eigenvalue weighted by molar-refractivity contribution is 6.31. The summed E-state index contributed by atoms with van der Waals surface area (Å²) in [5.74, 6) is -0.680. The molecule has 2 aromatic carbocycles. The summed E-state index contributed by atoms with van der Waals surface area (Å²) in [5, 5.41) is 3.20. The Bertz CT molecular complexity index is 746. The molecule has 132 valence electrons. The number of quaternary nitrogens is 1. The Kier molecular flexibility index (Phi) is 5.50. The summed E-state index contributed by atoms with van der Waals surface area (Å²) in [4.78, 5) is 15.3. The molecule has 1 fully saturated rings. The molecule has 3 rings (SSSR count). The van der Waals surface area contributed by atoms with Crippen LogP contribution in [0.4, 0.5) is 19.3 Å². The first kappa shape index (κ1) is 17.6. The number of carbonyl (C=O) groups excluding carboxylic acids is 1. The van der Waals surface area contributed by atoms with E-state index >= 15 is 0 Å². The number of benzene rings is 2. The van der Waals surface area contributed by atoms with Crippen LogP contribution in [0, 0.1) is 11.6 Å². The van der Waals surface area contributed by atoms with Crippen molar-refractivity contribution < 1.29 is 18.5 Å². The van der Waals surface area contributed by atoms with E-state index in [1.165, 1.54) is 41.3 Å². The number of urea groups is 1. The van der Waals surface area contributed by atoms with Gasteiger partial charge in [-0.15, -0.1) is 0 Å².